The fourth-order valence-electron chi connectivity index (χ4n) is 3.31. The quantitative estimate of drug-likeness (QED) is 0.333. The predicted molar refractivity (Wildman–Crippen MR) is 116 cm³/mol. The Labute approximate surface area is 192 Å². The van der Waals surface area contributed by atoms with Crippen LogP contribution in [-0.4, -0.2) is 70.4 Å². The third-order valence-electron chi connectivity index (χ3n) is 5.30. The Morgan fingerprint density at radius 2 is 1.82 bits per heavy atom. The summed E-state index contributed by atoms with van der Waals surface area (Å²) in [4.78, 5) is 34.9. The Hall–Kier alpha value is -2.53. The van der Waals surface area contributed by atoms with E-state index in [9.17, 15) is 24.6 Å². The van der Waals surface area contributed by atoms with Crippen LogP contribution in [0.2, 0.25) is 0 Å². The molecule has 0 bridgehead atoms. The second-order valence-corrected chi connectivity index (χ2v) is 8.15. The summed E-state index contributed by atoms with van der Waals surface area (Å²) < 4.78 is 16.7. The van der Waals surface area contributed by atoms with Crippen LogP contribution in [0.3, 0.4) is 0 Å². The molecule has 10 heteroatoms. The van der Waals surface area contributed by atoms with Crippen molar-refractivity contribution >= 4 is 17.8 Å². The highest BCUT2D eigenvalue weighted by Gasteiger charge is 2.35. The number of carboxylic acid groups (broad SMARTS) is 1. The molecule has 1 aliphatic heterocycles. The molecule has 1 saturated heterocycles. The number of benzene rings is 1. The highest BCUT2D eigenvalue weighted by atomic mass is 16.7. The Kier molecular flexibility index (Phi) is 10.7. The van der Waals surface area contributed by atoms with Crippen LogP contribution in [0.25, 0.3) is 0 Å². The summed E-state index contributed by atoms with van der Waals surface area (Å²) in [7, 11) is 0. The SMILES string of the molecule is CC1O[C@@H](O[C@H](C)CCC(=O)O[C@@H](CNC(=O)CCC(=O)O)c2ccccc2)C(O)C[C@H]1O. The first-order chi connectivity index (χ1) is 15.7. The maximum atomic E-state index is 12.5. The van der Waals surface area contributed by atoms with E-state index in [0.29, 0.717) is 12.0 Å². The second kappa shape index (κ2) is 13.2. The molecule has 2 rings (SSSR count). The van der Waals surface area contributed by atoms with E-state index in [1.165, 1.54) is 0 Å². The van der Waals surface area contributed by atoms with Gasteiger partial charge in [0.1, 0.15) is 12.2 Å². The summed E-state index contributed by atoms with van der Waals surface area (Å²) in [5.74, 6) is -2.00. The smallest absolute Gasteiger partial charge is 0.306 e. The molecule has 1 aromatic carbocycles. The Bertz CT molecular complexity index is 772. The maximum Gasteiger partial charge on any atom is 0.306 e. The van der Waals surface area contributed by atoms with Crippen molar-refractivity contribution in [3.8, 4) is 0 Å². The van der Waals surface area contributed by atoms with Crippen molar-refractivity contribution in [2.45, 2.75) is 82.8 Å². The molecule has 0 aromatic heterocycles. The van der Waals surface area contributed by atoms with Crippen molar-refractivity contribution in [2.24, 2.45) is 0 Å². The van der Waals surface area contributed by atoms with E-state index in [4.69, 9.17) is 19.3 Å². The first-order valence-corrected chi connectivity index (χ1v) is 11.1. The van der Waals surface area contributed by atoms with Gasteiger partial charge in [0.25, 0.3) is 0 Å². The Morgan fingerprint density at radius 1 is 1.12 bits per heavy atom. The van der Waals surface area contributed by atoms with Crippen LogP contribution in [-0.2, 0) is 28.6 Å². The molecule has 2 unspecified atom stereocenters. The van der Waals surface area contributed by atoms with E-state index in [1.54, 1.807) is 38.1 Å². The number of aliphatic hydroxyl groups excluding tert-OH is 2. The van der Waals surface area contributed by atoms with Crippen LogP contribution in [0.1, 0.15) is 57.6 Å². The maximum absolute atomic E-state index is 12.5. The van der Waals surface area contributed by atoms with Crippen LogP contribution in [0.15, 0.2) is 30.3 Å². The predicted octanol–water partition coefficient (Wildman–Crippen LogP) is 1.29. The first kappa shape index (κ1) is 26.7. The number of hydrogen-bond donors (Lipinski definition) is 4. The van der Waals surface area contributed by atoms with Gasteiger partial charge in [-0.2, -0.15) is 0 Å². The van der Waals surface area contributed by atoms with Crippen LogP contribution in [0, 0.1) is 0 Å². The fraction of sp³-hybridized carbons (Fsp3) is 0.609. The molecule has 6 atom stereocenters. The number of carbonyl (C=O) groups is 3. The van der Waals surface area contributed by atoms with E-state index in [0.717, 1.165) is 0 Å². The average Bonchev–Trinajstić information content (AvgIpc) is 2.78. The number of nitrogens with one attached hydrogen (secondary N) is 1. The van der Waals surface area contributed by atoms with Crippen molar-refractivity contribution < 1.29 is 43.9 Å². The normalized spacial score (nSPS) is 24.5. The lowest BCUT2D eigenvalue weighted by atomic mass is 10.0. The van der Waals surface area contributed by atoms with Crippen molar-refractivity contribution in [1.29, 1.82) is 0 Å². The van der Waals surface area contributed by atoms with Gasteiger partial charge in [-0.05, 0) is 25.8 Å². The van der Waals surface area contributed by atoms with Crippen molar-refractivity contribution in [1.82, 2.24) is 5.32 Å². The van der Waals surface area contributed by atoms with Crippen LogP contribution in [0.4, 0.5) is 0 Å². The molecule has 1 aliphatic rings. The Morgan fingerprint density at radius 3 is 2.48 bits per heavy atom. The molecule has 10 nitrogen and oxygen atoms in total. The molecule has 4 N–H and O–H groups in total. The largest absolute Gasteiger partial charge is 0.481 e. The third kappa shape index (κ3) is 9.47. The van der Waals surface area contributed by atoms with Crippen molar-refractivity contribution in [2.75, 3.05) is 6.54 Å². The average molecular weight is 468 g/mol. The van der Waals surface area contributed by atoms with Crippen LogP contribution in [0.5, 0.6) is 0 Å². The summed E-state index contributed by atoms with van der Waals surface area (Å²) in [6.07, 6.45) is -4.14. The summed E-state index contributed by atoms with van der Waals surface area (Å²) in [6, 6.07) is 8.92. The molecule has 184 valence electrons. The Balaban J connectivity index is 1.84. The van der Waals surface area contributed by atoms with Crippen LogP contribution < -0.4 is 5.32 Å². The van der Waals surface area contributed by atoms with E-state index in [1.807, 2.05) is 6.07 Å². The monoisotopic (exact) mass is 467 g/mol. The molecule has 0 radical (unpaired) electrons. The lowest BCUT2D eigenvalue weighted by Crippen LogP contribution is -2.48. The van der Waals surface area contributed by atoms with E-state index >= 15 is 0 Å². The first-order valence-electron chi connectivity index (χ1n) is 11.1. The lowest BCUT2D eigenvalue weighted by Gasteiger charge is -2.36. The standard InChI is InChI=1S/C23H33NO9/c1-14(31-23-18(26)12-17(25)15(2)32-23)8-11-22(30)33-19(16-6-4-3-5-7-16)13-24-20(27)9-10-21(28)29/h3-7,14-15,17-19,23,25-26H,8-13H2,1-2H3,(H,24,27)(H,28,29)/t14-,15?,17-,18?,19+,23-/m1/s1. The highest BCUT2D eigenvalue weighted by Crippen LogP contribution is 2.23. The fourth-order valence-corrected chi connectivity index (χ4v) is 3.31. The number of amides is 1. The molecule has 0 spiro atoms. The zero-order valence-corrected chi connectivity index (χ0v) is 18.9. The molecular weight excluding hydrogens is 434 g/mol. The van der Waals surface area contributed by atoms with Gasteiger partial charge in [-0.3, -0.25) is 14.4 Å². The van der Waals surface area contributed by atoms with Gasteiger partial charge in [0.05, 0.1) is 31.3 Å². The van der Waals surface area contributed by atoms with Gasteiger partial charge in [-0.15, -0.1) is 0 Å². The number of carbonyl (C=O) groups excluding carboxylic acids is 2. The van der Waals surface area contributed by atoms with E-state index in [-0.39, 0.29) is 32.2 Å². The highest BCUT2D eigenvalue weighted by molar-refractivity contribution is 5.80. The number of rotatable bonds is 12. The number of esters is 1. The third-order valence-corrected chi connectivity index (χ3v) is 5.30. The van der Waals surface area contributed by atoms with Gasteiger partial charge < -0.3 is 34.8 Å². The summed E-state index contributed by atoms with van der Waals surface area (Å²) >= 11 is 0. The molecule has 1 amide bonds. The topological polar surface area (TPSA) is 152 Å². The minimum atomic E-state index is -1.07. The van der Waals surface area contributed by atoms with Gasteiger partial charge in [-0.25, -0.2) is 0 Å². The van der Waals surface area contributed by atoms with Gasteiger partial charge in [0.2, 0.25) is 5.91 Å². The number of hydrogen-bond acceptors (Lipinski definition) is 8. The summed E-state index contributed by atoms with van der Waals surface area (Å²) in [5, 5.41) is 31.1. The van der Waals surface area contributed by atoms with Crippen LogP contribution >= 0.6 is 0 Å². The zero-order chi connectivity index (χ0) is 24.4. The summed E-state index contributed by atoms with van der Waals surface area (Å²) in [6.45, 7) is 3.46. The minimum Gasteiger partial charge on any atom is -0.481 e. The molecule has 0 saturated carbocycles. The number of aliphatic hydroxyl groups is 2. The molecular formula is C23H33NO9. The molecule has 33 heavy (non-hydrogen) atoms. The zero-order valence-electron chi connectivity index (χ0n) is 18.9. The molecule has 1 heterocycles. The van der Waals surface area contributed by atoms with Crippen molar-refractivity contribution in [3.63, 3.8) is 0 Å². The molecule has 1 aromatic rings. The molecule has 1 fully saturated rings. The number of carboxylic acids is 1. The van der Waals surface area contributed by atoms with Crippen molar-refractivity contribution in [3.05, 3.63) is 35.9 Å². The number of ether oxygens (including phenoxy) is 3. The van der Waals surface area contributed by atoms with E-state index < -0.39 is 54.7 Å². The minimum absolute atomic E-state index is 0.0164. The second-order valence-electron chi connectivity index (χ2n) is 8.15. The van der Waals surface area contributed by atoms with Gasteiger partial charge in [0, 0.05) is 19.3 Å². The summed E-state index contributed by atoms with van der Waals surface area (Å²) in [5.41, 5.74) is 0.694. The van der Waals surface area contributed by atoms with E-state index in [2.05, 4.69) is 5.32 Å². The van der Waals surface area contributed by atoms with Gasteiger partial charge >= 0.3 is 11.9 Å². The number of aliphatic carboxylic acids is 1. The van der Waals surface area contributed by atoms with Gasteiger partial charge in [-0.1, -0.05) is 30.3 Å². The van der Waals surface area contributed by atoms with Gasteiger partial charge in [0.15, 0.2) is 6.29 Å². The molecule has 0 aliphatic carbocycles. The lowest BCUT2D eigenvalue weighted by molar-refractivity contribution is -0.273.